The topological polar surface area (TPSA) is 57.2 Å². The van der Waals surface area contributed by atoms with E-state index in [9.17, 15) is 13.0 Å². The molecule has 0 N–H and O–H groups in total. The van der Waals surface area contributed by atoms with Crippen LogP contribution in [0.4, 0.5) is 0 Å². The van der Waals surface area contributed by atoms with Gasteiger partial charge in [0.1, 0.15) is 10.1 Å². The molecule has 0 spiro atoms. The fourth-order valence-electron chi connectivity index (χ4n) is 1.78. The maximum Gasteiger partial charge on any atom is 1.00 e. The third-order valence-electron chi connectivity index (χ3n) is 2.71. The Morgan fingerprint density at radius 3 is 2.00 bits per heavy atom. The Morgan fingerprint density at radius 1 is 0.941 bits per heavy atom. The van der Waals surface area contributed by atoms with Gasteiger partial charge in [0.15, 0.2) is 0 Å². The maximum absolute atomic E-state index is 10.9. The molecule has 0 unspecified atom stereocenters. The molecular weight excluding hydrogens is 247 g/mol. The summed E-state index contributed by atoms with van der Waals surface area (Å²) in [5.41, 5.74) is 2.03. The van der Waals surface area contributed by atoms with E-state index in [0.29, 0.717) is 0 Å². The molecule has 2 aromatic rings. The molecule has 3 nitrogen and oxygen atoms in total. The van der Waals surface area contributed by atoms with E-state index in [-0.39, 0.29) is 34.5 Å². The molecule has 0 bridgehead atoms. The second-order valence-electron chi connectivity index (χ2n) is 3.86. The van der Waals surface area contributed by atoms with Crippen molar-refractivity contribution in [2.75, 3.05) is 0 Å². The third-order valence-corrected chi connectivity index (χ3v) is 3.54. The zero-order chi connectivity index (χ0) is 11.9. The number of hydrogen-bond donors (Lipinski definition) is 0. The molecule has 0 heterocycles. The van der Waals surface area contributed by atoms with E-state index >= 15 is 0 Å². The minimum atomic E-state index is -4.37. The first-order chi connectivity index (χ1) is 7.39. The minimum absolute atomic E-state index is 0. The molecule has 0 aliphatic rings. The third kappa shape index (κ3) is 2.89. The summed E-state index contributed by atoms with van der Waals surface area (Å²) in [5.74, 6) is 0. The summed E-state index contributed by atoms with van der Waals surface area (Å²) in [6, 6.07) is 8.38. The van der Waals surface area contributed by atoms with Crippen LogP contribution in [0.25, 0.3) is 10.8 Å². The smallest absolute Gasteiger partial charge is 0.744 e. The molecule has 0 atom stereocenters. The van der Waals surface area contributed by atoms with Crippen LogP contribution in [0, 0.1) is 13.8 Å². The van der Waals surface area contributed by atoms with E-state index in [1.54, 1.807) is 6.07 Å². The summed E-state index contributed by atoms with van der Waals surface area (Å²) in [4.78, 5) is -0.172. The fraction of sp³-hybridized carbons (Fsp3) is 0.167. The average Bonchev–Trinajstić information content (AvgIpc) is 2.22. The quantitative estimate of drug-likeness (QED) is 0.505. The van der Waals surface area contributed by atoms with Crippen LogP contribution in [0.2, 0.25) is 0 Å². The van der Waals surface area contributed by atoms with Crippen LogP contribution in [-0.2, 0) is 10.1 Å². The molecule has 0 aliphatic heterocycles. The van der Waals surface area contributed by atoms with Gasteiger partial charge in [-0.25, -0.2) is 8.42 Å². The number of rotatable bonds is 1. The fourth-order valence-corrected chi connectivity index (χ4v) is 2.28. The monoisotopic (exact) mass is 258 g/mol. The Kier molecular flexibility index (Phi) is 4.38. The first-order valence-corrected chi connectivity index (χ1v) is 6.26. The molecule has 0 aromatic heterocycles. The molecule has 0 saturated heterocycles. The number of aryl methyl sites for hydroxylation is 2. The van der Waals surface area contributed by atoms with Gasteiger partial charge in [0.2, 0.25) is 0 Å². The summed E-state index contributed by atoms with van der Waals surface area (Å²) in [6.07, 6.45) is 0. The van der Waals surface area contributed by atoms with Gasteiger partial charge in [0.25, 0.3) is 0 Å². The van der Waals surface area contributed by atoms with E-state index in [4.69, 9.17) is 0 Å². The molecular formula is C12H11NaO3S. The van der Waals surface area contributed by atoms with Gasteiger partial charge in [-0.15, -0.1) is 0 Å². The normalized spacial score (nSPS) is 11.2. The molecule has 5 heteroatoms. The van der Waals surface area contributed by atoms with Gasteiger partial charge < -0.3 is 4.55 Å². The van der Waals surface area contributed by atoms with Crippen LogP contribution in [0.3, 0.4) is 0 Å². The van der Waals surface area contributed by atoms with Crippen LogP contribution in [0.15, 0.2) is 35.2 Å². The summed E-state index contributed by atoms with van der Waals surface area (Å²) in [6.45, 7) is 3.84. The van der Waals surface area contributed by atoms with E-state index in [1.807, 2.05) is 26.0 Å². The van der Waals surface area contributed by atoms with E-state index in [2.05, 4.69) is 0 Å². The largest absolute Gasteiger partial charge is 1.00 e. The Hall–Kier alpha value is -0.390. The van der Waals surface area contributed by atoms with Crippen molar-refractivity contribution >= 4 is 20.9 Å². The Balaban J connectivity index is 0.00000144. The van der Waals surface area contributed by atoms with Crippen molar-refractivity contribution in [3.63, 3.8) is 0 Å². The summed E-state index contributed by atoms with van der Waals surface area (Å²) >= 11 is 0. The predicted octanol–water partition coefficient (Wildman–Crippen LogP) is -0.635. The Bertz CT molecular complexity index is 663. The maximum atomic E-state index is 10.9. The number of fused-ring (bicyclic) bond motifs is 1. The predicted molar refractivity (Wildman–Crippen MR) is 61.4 cm³/mol. The molecule has 17 heavy (non-hydrogen) atoms. The second kappa shape index (κ2) is 5.08. The Morgan fingerprint density at radius 2 is 1.47 bits per heavy atom. The van der Waals surface area contributed by atoms with Crippen molar-refractivity contribution in [3.05, 3.63) is 41.5 Å². The van der Waals surface area contributed by atoms with Crippen molar-refractivity contribution in [1.29, 1.82) is 0 Å². The second-order valence-corrected chi connectivity index (χ2v) is 5.24. The van der Waals surface area contributed by atoms with Gasteiger partial charge in [-0.3, -0.25) is 0 Å². The number of benzene rings is 2. The van der Waals surface area contributed by atoms with Crippen molar-refractivity contribution in [1.82, 2.24) is 0 Å². The first-order valence-electron chi connectivity index (χ1n) is 4.85. The standard InChI is InChI=1S/C12H12O3S.Na/c1-8-3-4-9(2)12-7-10(16(13,14)15)5-6-11(8)12;/h3-7H,1-2H3,(H,13,14,15);/q;+1/p-1. The van der Waals surface area contributed by atoms with Crippen molar-refractivity contribution < 1.29 is 42.5 Å². The van der Waals surface area contributed by atoms with Gasteiger partial charge in [0.05, 0.1) is 4.90 Å². The molecule has 2 aromatic carbocycles. The minimum Gasteiger partial charge on any atom is -0.744 e. The van der Waals surface area contributed by atoms with Crippen LogP contribution >= 0.6 is 0 Å². The van der Waals surface area contributed by atoms with Crippen molar-refractivity contribution in [3.8, 4) is 0 Å². The van der Waals surface area contributed by atoms with E-state index in [0.717, 1.165) is 21.9 Å². The van der Waals surface area contributed by atoms with E-state index in [1.165, 1.54) is 12.1 Å². The van der Waals surface area contributed by atoms with Crippen LogP contribution in [0.1, 0.15) is 11.1 Å². The zero-order valence-electron chi connectivity index (χ0n) is 10.0. The van der Waals surface area contributed by atoms with Gasteiger partial charge in [-0.2, -0.15) is 0 Å². The molecule has 0 fully saturated rings. The first kappa shape index (κ1) is 14.7. The molecule has 0 aliphatic carbocycles. The molecule has 0 saturated carbocycles. The molecule has 2 rings (SSSR count). The molecule has 0 amide bonds. The van der Waals surface area contributed by atoms with Crippen LogP contribution < -0.4 is 29.6 Å². The van der Waals surface area contributed by atoms with Crippen LogP contribution in [-0.4, -0.2) is 13.0 Å². The van der Waals surface area contributed by atoms with Crippen molar-refractivity contribution in [2.24, 2.45) is 0 Å². The average molecular weight is 258 g/mol. The van der Waals surface area contributed by atoms with Crippen molar-refractivity contribution in [2.45, 2.75) is 18.7 Å². The van der Waals surface area contributed by atoms with Gasteiger partial charge >= 0.3 is 29.6 Å². The Labute approximate surface area is 123 Å². The molecule has 0 radical (unpaired) electrons. The summed E-state index contributed by atoms with van der Waals surface area (Å²) in [5, 5.41) is 1.80. The van der Waals surface area contributed by atoms with Gasteiger partial charge in [-0.05, 0) is 47.9 Å². The van der Waals surface area contributed by atoms with Crippen LogP contribution in [0.5, 0.6) is 0 Å². The number of hydrogen-bond acceptors (Lipinski definition) is 3. The summed E-state index contributed by atoms with van der Waals surface area (Å²) < 4.78 is 32.8. The van der Waals surface area contributed by atoms with E-state index < -0.39 is 10.1 Å². The van der Waals surface area contributed by atoms with Gasteiger partial charge in [0, 0.05) is 0 Å². The SMILES string of the molecule is Cc1ccc(C)c2cc(S(=O)(=O)[O-])ccc12.[Na+]. The molecule has 84 valence electrons. The van der Waals surface area contributed by atoms with Gasteiger partial charge in [-0.1, -0.05) is 18.2 Å². The zero-order valence-corrected chi connectivity index (χ0v) is 12.8. The summed E-state index contributed by atoms with van der Waals surface area (Å²) in [7, 11) is -4.37.